The van der Waals surface area contributed by atoms with Crippen molar-refractivity contribution in [1.82, 2.24) is 9.97 Å². The minimum atomic E-state index is 0.776. The summed E-state index contributed by atoms with van der Waals surface area (Å²) in [6.45, 7) is 0.846. The summed E-state index contributed by atoms with van der Waals surface area (Å²) in [4.78, 5) is 7.07. The van der Waals surface area contributed by atoms with Crippen LogP contribution in [0.4, 0.5) is 0 Å². The number of rotatable bonds is 3. The highest BCUT2D eigenvalue weighted by atomic mass is 14.9. The van der Waals surface area contributed by atoms with Crippen LogP contribution in [0.15, 0.2) is 12.5 Å². The molecule has 1 fully saturated rings. The molecule has 3 nitrogen and oxygen atoms in total. The molecule has 0 aliphatic heterocycles. The van der Waals surface area contributed by atoms with Gasteiger partial charge in [-0.2, -0.15) is 0 Å². The van der Waals surface area contributed by atoms with E-state index >= 15 is 0 Å². The van der Waals surface area contributed by atoms with Gasteiger partial charge in [0, 0.05) is 11.9 Å². The molecule has 1 saturated carbocycles. The van der Waals surface area contributed by atoms with E-state index in [-0.39, 0.29) is 0 Å². The Kier molecular flexibility index (Phi) is 1.66. The first-order chi connectivity index (χ1) is 5.40. The maximum Gasteiger partial charge on any atom is 0.0921 e. The number of nitrogens with two attached hydrogens (primary N) is 1. The van der Waals surface area contributed by atoms with Gasteiger partial charge in [0.25, 0.3) is 0 Å². The SMILES string of the molecule is NC[C@@H]1C[C@@H]1Cc1cnc[nH]1. The summed E-state index contributed by atoms with van der Waals surface area (Å²) < 4.78 is 0. The van der Waals surface area contributed by atoms with Crippen LogP contribution in [0.2, 0.25) is 0 Å². The molecule has 11 heavy (non-hydrogen) atoms. The molecule has 1 aromatic heterocycles. The van der Waals surface area contributed by atoms with Crippen LogP contribution in [0, 0.1) is 11.8 Å². The quantitative estimate of drug-likeness (QED) is 0.662. The van der Waals surface area contributed by atoms with E-state index in [1.165, 1.54) is 12.1 Å². The first-order valence-corrected chi connectivity index (χ1v) is 4.07. The fraction of sp³-hybridized carbons (Fsp3) is 0.625. The predicted octanol–water partition coefficient (Wildman–Crippen LogP) is 0.547. The van der Waals surface area contributed by atoms with Crippen LogP contribution in [0.25, 0.3) is 0 Å². The largest absolute Gasteiger partial charge is 0.348 e. The fourth-order valence-electron chi connectivity index (χ4n) is 1.53. The Morgan fingerprint density at radius 1 is 1.64 bits per heavy atom. The Hall–Kier alpha value is -0.830. The van der Waals surface area contributed by atoms with Gasteiger partial charge < -0.3 is 10.7 Å². The molecule has 0 radical (unpaired) electrons. The van der Waals surface area contributed by atoms with E-state index in [1.54, 1.807) is 6.33 Å². The zero-order valence-electron chi connectivity index (χ0n) is 6.46. The minimum absolute atomic E-state index is 0.776. The van der Waals surface area contributed by atoms with E-state index in [1.807, 2.05) is 6.20 Å². The zero-order valence-corrected chi connectivity index (χ0v) is 6.46. The van der Waals surface area contributed by atoms with Crippen molar-refractivity contribution in [2.75, 3.05) is 6.54 Å². The summed E-state index contributed by atoms with van der Waals surface area (Å²) in [5.74, 6) is 1.60. The third kappa shape index (κ3) is 1.43. The van der Waals surface area contributed by atoms with E-state index in [0.717, 1.165) is 24.8 Å². The number of H-pyrrole nitrogens is 1. The molecule has 3 N–H and O–H groups in total. The molecule has 0 aromatic carbocycles. The smallest absolute Gasteiger partial charge is 0.0921 e. The summed E-state index contributed by atoms with van der Waals surface area (Å²) in [6.07, 6.45) is 6.05. The van der Waals surface area contributed by atoms with Crippen molar-refractivity contribution < 1.29 is 0 Å². The number of hydrogen-bond acceptors (Lipinski definition) is 2. The average Bonchev–Trinajstić information content (AvgIpc) is 2.54. The van der Waals surface area contributed by atoms with Crippen LogP contribution in [0.5, 0.6) is 0 Å². The molecule has 3 heteroatoms. The molecular formula is C8H13N3. The third-order valence-corrected chi connectivity index (χ3v) is 2.41. The molecule has 0 saturated heterocycles. The van der Waals surface area contributed by atoms with E-state index in [9.17, 15) is 0 Å². The number of aromatic nitrogens is 2. The van der Waals surface area contributed by atoms with Crippen molar-refractivity contribution in [2.45, 2.75) is 12.8 Å². The molecule has 1 aliphatic carbocycles. The van der Waals surface area contributed by atoms with Crippen molar-refractivity contribution >= 4 is 0 Å². The molecule has 2 rings (SSSR count). The van der Waals surface area contributed by atoms with Gasteiger partial charge in [-0.25, -0.2) is 4.98 Å². The normalized spacial score (nSPS) is 28.8. The maximum atomic E-state index is 5.53. The maximum absolute atomic E-state index is 5.53. The lowest BCUT2D eigenvalue weighted by Gasteiger charge is -1.93. The molecule has 0 unspecified atom stereocenters. The van der Waals surface area contributed by atoms with Gasteiger partial charge in [-0.3, -0.25) is 0 Å². The Morgan fingerprint density at radius 3 is 3.09 bits per heavy atom. The first-order valence-electron chi connectivity index (χ1n) is 4.07. The van der Waals surface area contributed by atoms with Crippen LogP contribution in [-0.2, 0) is 6.42 Å². The van der Waals surface area contributed by atoms with Gasteiger partial charge in [-0.15, -0.1) is 0 Å². The van der Waals surface area contributed by atoms with Gasteiger partial charge in [-0.1, -0.05) is 0 Å². The highest BCUT2D eigenvalue weighted by Crippen LogP contribution is 2.39. The van der Waals surface area contributed by atoms with E-state index in [2.05, 4.69) is 9.97 Å². The Labute approximate surface area is 66.0 Å². The highest BCUT2D eigenvalue weighted by Gasteiger charge is 2.35. The molecule has 1 aromatic rings. The topological polar surface area (TPSA) is 54.7 Å². The lowest BCUT2D eigenvalue weighted by Crippen LogP contribution is -2.03. The van der Waals surface area contributed by atoms with Gasteiger partial charge >= 0.3 is 0 Å². The van der Waals surface area contributed by atoms with Gasteiger partial charge in [0.05, 0.1) is 6.33 Å². The van der Waals surface area contributed by atoms with E-state index in [0.29, 0.717) is 0 Å². The third-order valence-electron chi connectivity index (χ3n) is 2.41. The van der Waals surface area contributed by atoms with Crippen LogP contribution >= 0.6 is 0 Å². The number of nitrogens with zero attached hydrogens (tertiary/aromatic N) is 1. The average molecular weight is 151 g/mol. The van der Waals surface area contributed by atoms with Gasteiger partial charge in [0.1, 0.15) is 0 Å². The molecule has 1 aliphatic rings. The van der Waals surface area contributed by atoms with Crippen LogP contribution in [0.1, 0.15) is 12.1 Å². The van der Waals surface area contributed by atoms with Crippen molar-refractivity contribution in [3.63, 3.8) is 0 Å². The van der Waals surface area contributed by atoms with Crippen molar-refractivity contribution in [3.05, 3.63) is 18.2 Å². The summed E-state index contributed by atoms with van der Waals surface area (Å²) >= 11 is 0. The van der Waals surface area contributed by atoms with Crippen molar-refractivity contribution in [3.8, 4) is 0 Å². The van der Waals surface area contributed by atoms with Crippen molar-refractivity contribution in [1.29, 1.82) is 0 Å². The van der Waals surface area contributed by atoms with Crippen LogP contribution in [0.3, 0.4) is 0 Å². The standard InChI is InChI=1S/C8H13N3/c9-3-7-1-6(7)2-8-4-10-5-11-8/h4-7H,1-3,9H2,(H,10,11)/t6-,7+/m1/s1. The molecule has 0 spiro atoms. The molecule has 1 heterocycles. The van der Waals surface area contributed by atoms with Crippen molar-refractivity contribution in [2.24, 2.45) is 17.6 Å². The molecule has 60 valence electrons. The minimum Gasteiger partial charge on any atom is -0.348 e. The summed E-state index contributed by atoms with van der Waals surface area (Å²) in [5.41, 5.74) is 6.77. The summed E-state index contributed by atoms with van der Waals surface area (Å²) in [7, 11) is 0. The van der Waals surface area contributed by atoms with Gasteiger partial charge in [-0.05, 0) is 31.2 Å². The number of imidazole rings is 1. The summed E-state index contributed by atoms with van der Waals surface area (Å²) in [5, 5.41) is 0. The Morgan fingerprint density at radius 2 is 2.55 bits per heavy atom. The molecule has 2 atom stereocenters. The fourth-order valence-corrected chi connectivity index (χ4v) is 1.53. The highest BCUT2D eigenvalue weighted by molar-refractivity contribution is 5.01. The lowest BCUT2D eigenvalue weighted by atomic mass is 10.2. The predicted molar refractivity (Wildman–Crippen MR) is 42.9 cm³/mol. The van der Waals surface area contributed by atoms with E-state index in [4.69, 9.17) is 5.73 Å². The molecule has 0 bridgehead atoms. The van der Waals surface area contributed by atoms with Crippen LogP contribution < -0.4 is 5.73 Å². The lowest BCUT2D eigenvalue weighted by molar-refractivity contribution is 0.696. The molecule has 0 amide bonds. The second-order valence-electron chi connectivity index (χ2n) is 3.27. The van der Waals surface area contributed by atoms with Gasteiger partial charge in [0.2, 0.25) is 0 Å². The molecular weight excluding hydrogens is 138 g/mol. The zero-order chi connectivity index (χ0) is 7.68. The van der Waals surface area contributed by atoms with Crippen LogP contribution in [-0.4, -0.2) is 16.5 Å². The second kappa shape index (κ2) is 2.66. The number of aromatic amines is 1. The Bertz CT molecular complexity index is 217. The monoisotopic (exact) mass is 151 g/mol. The number of nitrogens with one attached hydrogen (secondary N) is 1. The van der Waals surface area contributed by atoms with Gasteiger partial charge in [0.15, 0.2) is 0 Å². The first kappa shape index (κ1) is 6.85. The van der Waals surface area contributed by atoms with E-state index < -0.39 is 0 Å². The second-order valence-corrected chi connectivity index (χ2v) is 3.27. The summed E-state index contributed by atoms with van der Waals surface area (Å²) in [6, 6.07) is 0. The Balaban J connectivity index is 1.85. The number of hydrogen-bond donors (Lipinski definition) is 2.